The molecule has 2 aromatic carbocycles. The highest BCUT2D eigenvalue weighted by molar-refractivity contribution is 5.27. The second-order valence-electron chi connectivity index (χ2n) is 8.58. The van der Waals surface area contributed by atoms with Crippen LogP contribution in [-0.4, -0.2) is 23.7 Å². The smallest absolute Gasteiger partial charge is 0.107 e. The van der Waals surface area contributed by atoms with Crippen LogP contribution >= 0.6 is 0 Å². The van der Waals surface area contributed by atoms with Gasteiger partial charge in [0.2, 0.25) is 0 Å². The lowest BCUT2D eigenvalue weighted by Crippen LogP contribution is -2.35. The van der Waals surface area contributed by atoms with Crippen molar-refractivity contribution in [2.24, 2.45) is 0 Å². The summed E-state index contributed by atoms with van der Waals surface area (Å²) in [4.78, 5) is 2.65. The first-order valence-electron chi connectivity index (χ1n) is 11.9. The van der Waals surface area contributed by atoms with Crippen molar-refractivity contribution in [2.75, 3.05) is 6.54 Å². The highest BCUT2D eigenvalue weighted by Crippen LogP contribution is 2.36. The Balaban J connectivity index is 0.00000107. The lowest BCUT2D eigenvalue weighted by Gasteiger charge is -2.31. The van der Waals surface area contributed by atoms with E-state index in [1.165, 1.54) is 42.9 Å². The Kier molecular flexibility index (Phi) is 11.3. The number of rotatable bonds is 10. The van der Waals surface area contributed by atoms with Crippen molar-refractivity contribution in [2.45, 2.75) is 90.4 Å². The Morgan fingerprint density at radius 2 is 1.71 bits per heavy atom. The van der Waals surface area contributed by atoms with E-state index < -0.39 is 6.17 Å². The summed E-state index contributed by atoms with van der Waals surface area (Å²) < 4.78 is 14.0. The zero-order valence-electron chi connectivity index (χ0n) is 19.6. The summed E-state index contributed by atoms with van der Waals surface area (Å²) in [6, 6.07) is 22.0. The molecule has 0 aromatic heterocycles. The van der Waals surface area contributed by atoms with Crippen LogP contribution < -0.4 is 0 Å². The molecule has 168 valence electrons. The predicted octanol–water partition coefficient (Wildman–Crippen LogP) is 7.45. The van der Waals surface area contributed by atoms with Gasteiger partial charge in [-0.2, -0.15) is 5.26 Å². The molecular formula is C28H39FN2. The standard InChI is InChI=1S/C26H36FN.C2H3N/c1-3-19-28(20-22-9-6-5-7-10-22)24(4-2)18-15-21-13-16-23(17-14-21)25-11-8-12-26(25)27;1-2-3/h5-7,9-10,13-14,16-17,24-26H,3-4,8,11-12,15,18-20H2,1-2H3;1H3. The van der Waals surface area contributed by atoms with Crippen molar-refractivity contribution in [3.63, 3.8) is 0 Å². The van der Waals surface area contributed by atoms with Crippen LogP contribution in [0.1, 0.15) is 81.9 Å². The maximum atomic E-state index is 14.0. The monoisotopic (exact) mass is 422 g/mol. The first kappa shape index (κ1) is 25.1. The fourth-order valence-corrected chi connectivity index (χ4v) is 4.70. The average molecular weight is 423 g/mol. The van der Waals surface area contributed by atoms with Gasteiger partial charge in [0.1, 0.15) is 6.17 Å². The Bertz CT molecular complexity index is 766. The number of hydrogen-bond acceptors (Lipinski definition) is 2. The molecule has 1 aliphatic carbocycles. The molecule has 0 amide bonds. The second kappa shape index (κ2) is 14.0. The molecule has 1 fully saturated rings. The predicted molar refractivity (Wildman–Crippen MR) is 129 cm³/mol. The molecule has 3 rings (SSSR count). The minimum Gasteiger partial charge on any atom is -0.296 e. The molecule has 1 aliphatic rings. The number of halogens is 1. The Morgan fingerprint density at radius 1 is 1.03 bits per heavy atom. The van der Waals surface area contributed by atoms with Crippen LogP contribution in [0.2, 0.25) is 0 Å². The fraction of sp³-hybridized carbons (Fsp3) is 0.536. The van der Waals surface area contributed by atoms with Crippen molar-refractivity contribution in [1.29, 1.82) is 5.26 Å². The first-order valence-corrected chi connectivity index (χ1v) is 11.9. The van der Waals surface area contributed by atoms with E-state index in [0.717, 1.165) is 38.8 Å². The Hall–Kier alpha value is -2.18. The van der Waals surface area contributed by atoms with E-state index in [1.807, 2.05) is 0 Å². The summed E-state index contributed by atoms with van der Waals surface area (Å²) in [7, 11) is 0. The molecule has 0 aliphatic heterocycles. The highest BCUT2D eigenvalue weighted by atomic mass is 19.1. The van der Waals surface area contributed by atoms with Crippen molar-refractivity contribution < 1.29 is 4.39 Å². The van der Waals surface area contributed by atoms with Gasteiger partial charge in [-0.3, -0.25) is 4.90 Å². The van der Waals surface area contributed by atoms with Crippen LogP contribution in [0.4, 0.5) is 4.39 Å². The third-order valence-corrected chi connectivity index (χ3v) is 6.33. The molecule has 1 saturated carbocycles. The van der Waals surface area contributed by atoms with Gasteiger partial charge in [-0.15, -0.1) is 0 Å². The van der Waals surface area contributed by atoms with Crippen LogP contribution in [0.25, 0.3) is 0 Å². The highest BCUT2D eigenvalue weighted by Gasteiger charge is 2.28. The topological polar surface area (TPSA) is 27.0 Å². The first-order chi connectivity index (χ1) is 15.1. The molecule has 0 N–H and O–H groups in total. The summed E-state index contributed by atoms with van der Waals surface area (Å²) >= 11 is 0. The zero-order valence-corrected chi connectivity index (χ0v) is 19.6. The van der Waals surface area contributed by atoms with Crippen LogP contribution in [0.5, 0.6) is 0 Å². The SMILES string of the molecule is CC#N.CCCN(Cc1ccccc1)C(CC)CCc1ccc(C2CCCC2F)cc1. The molecule has 0 saturated heterocycles. The molecule has 3 heteroatoms. The molecule has 0 spiro atoms. The number of nitriles is 1. The van der Waals surface area contributed by atoms with Gasteiger partial charge in [-0.25, -0.2) is 4.39 Å². The summed E-state index contributed by atoms with van der Waals surface area (Å²) in [5, 5.41) is 7.32. The summed E-state index contributed by atoms with van der Waals surface area (Å²) in [5.74, 6) is 0.128. The van der Waals surface area contributed by atoms with Crippen LogP contribution in [0.15, 0.2) is 54.6 Å². The van der Waals surface area contributed by atoms with Gasteiger partial charge >= 0.3 is 0 Å². The minimum atomic E-state index is -0.643. The third-order valence-electron chi connectivity index (χ3n) is 6.33. The summed E-state index contributed by atoms with van der Waals surface area (Å²) in [6.45, 7) is 8.19. The number of benzene rings is 2. The average Bonchev–Trinajstić information content (AvgIpc) is 3.22. The molecule has 3 atom stereocenters. The van der Waals surface area contributed by atoms with Crippen LogP contribution in [-0.2, 0) is 13.0 Å². The Labute approximate surface area is 189 Å². The molecule has 3 unspecified atom stereocenters. The number of aryl methyl sites for hydroxylation is 1. The maximum absolute atomic E-state index is 14.0. The fourth-order valence-electron chi connectivity index (χ4n) is 4.70. The van der Waals surface area contributed by atoms with Crippen LogP contribution in [0.3, 0.4) is 0 Å². The second-order valence-corrected chi connectivity index (χ2v) is 8.58. The summed E-state index contributed by atoms with van der Waals surface area (Å²) in [5.41, 5.74) is 3.97. The van der Waals surface area contributed by atoms with E-state index in [9.17, 15) is 4.39 Å². The molecule has 31 heavy (non-hydrogen) atoms. The Morgan fingerprint density at radius 3 is 2.26 bits per heavy atom. The van der Waals surface area contributed by atoms with E-state index in [4.69, 9.17) is 5.26 Å². The van der Waals surface area contributed by atoms with Crippen molar-refractivity contribution >= 4 is 0 Å². The van der Waals surface area contributed by atoms with E-state index in [0.29, 0.717) is 6.04 Å². The van der Waals surface area contributed by atoms with Gasteiger partial charge in [0.25, 0.3) is 0 Å². The van der Waals surface area contributed by atoms with Crippen LogP contribution in [0, 0.1) is 11.3 Å². The van der Waals surface area contributed by atoms with Crippen molar-refractivity contribution in [3.05, 3.63) is 71.3 Å². The van der Waals surface area contributed by atoms with Gasteiger partial charge in [0.05, 0.1) is 6.07 Å². The normalized spacial score (nSPS) is 18.8. The molecule has 0 radical (unpaired) electrons. The lowest BCUT2D eigenvalue weighted by molar-refractivity contribution is 0.173. The third kappa shape index (κ3) is 8.11. The molecular weight excluding hydrogens is 383 g/mol. The molecule has 2 nitrogen and oxygen atoms in total. The molecule has 0 bridgehead atoms. The van der Waals surface area contributed by atoms with Gasteiger partial charge < -0.3 is 0 Å². The van der Waals surface area contributed by atoms with E-state index in [-0.39, 0.29) is 5.92 Å². The van der Waals surface area contributed by atoms with Gasteiger partial charge in [-0.1, -0.05) is 68.4 Å². The maximum Gasteiger partial charge on any atom is 0.107 e. The number of hydrogen-bond donors (Lipinski definition) is 0. The van der Waals surface area contributed by atoms with Crippen molar-refractivity contribution in [1.82, 2.24) is 4.90 Å². The van der Waals surface area contributed by atoms with E-state index >= 15 is 0 Å². The molecule has 0 heterocycles. The number of alkyl halides is 1. The van der Waals surface area contributed by atoms with E-state index in [1.54, 1.807) is 6.07 Å². The van der Waals surface area contributed by atoms with Crippen molar-refractivity contribution in [3.8, 4) is 6.07 Å². The zero-order chi connectivity index (χ0) is 22.5. The number of nitrogens with zero attached hydrogens (tertiary/aromatic N) is 2. The van der Waals surface area contributed by atoms with Gasteiger partial charge in [0.15, 0.2) is 0 Å². The van der Waals surface area contributed by atoms with E-state index in [2.05, 4.69) is 73.3 Å². The summed E-state index contributed by atoms with van der Waals surface area (Å²) in [6.07, 6.45) is 6.76. The molecule has 2 aromatic rings. The minimum absolute atomic E-state index is 0.128. The lowest BCUT2D eigenvalue weighted by atomic mass is 9.94. The van der Waals surface area contributed by atoms with Gasteiger partial charge in [-0.05, 0) is 68.2 Å². The largest absolute Gasteiger partial charge is 0.296 e. The quantitative estimate of drug-likeness (QED) is 0.398. The van der Waals surface area contributed by atoms with Gasteiger partial charge in [0, 0.05) is 25.4 Å².